The lowest BCUT2D eigenvalue weighted by molar-refractivity contribution is -0.132. The number of urea groups is 1. The highest BCUT2D eigenvalue weighted by Gasteiger charge is 2.51. The Labute approximate surface area is 121 Å². The lowest BCUT2D eigenvalue weighted by atomic mass is 9.82. The summed E-state index contributed by atoms with van der Waals surface area (Å²) < 4.78 is 12.8. The maximum Gasteiger partial charge on any atom is 0.346 e. The third-order valence-electron chi connectivity index (χ3n) is 4.04. The number of imide groups is 1. The van der Waals surface area contributed by atoms with Crippen LogP contribution in [0.4, 0.5) is 9.18 Å². The van der Waals surface area contributed by atoms with Crippen molar-refractivity contribution >= 4 is 18.2 Å². The lowest BCUT2D eigenvalue weighted by Crippen LogP contribution is -2.48. The number of amides is 3. The number of benzene rings is 1. The topological polar surface area (TPSA) is 61.8 Å². The molecule has 0 bridgehead atoms. The van der Waals surface area contributed by atoms with Crippen molar-refractivity contribution in [1.82, 2.24) is 10.3 Å². The molecule has 6 heteroatoms. The molecule has 21 heavy (non-hydrogen) atoms. The van der Waals surface area contributed by atoms with E-state index < -0.39 is 11.6 Å². The molecule has 1 spiro atoms. The van der Waals surface area contributed by atoms with Gasteiger partial charge in [0.1, 0.15) is 11.4 Å². The quantitative estimate of drug-likeness (QED) is 0.671. The number of hydrazone groups is 1. The summed E-state index contributed by atoms with van der Waals surface area (Å²) in [5.41, 5.74) is -0.142. The number of halogens is 1. The van der Waals surface area contributed by atoms with Gasteiger partial charge in [-0.3, -0.25) is 4.79 Å². The minimum atomic E-state index is -0.768. The molecule has 1 aromatic carbocycles. The third kappa shape index (κ3) is 2.53. The van der Waals surface area contributed by atoms with Gasteiger partial charge in [-0.1, -0.05) is 31.4 Å². The average molecular weight is 289 g/mol. The van der Waals surface area contributed by atoms with Gasteiger partial charge in [-0.15, -0.1) is 5.01 Å². The van der Waals surface area contributed by atoms with E-state index >= 15 is 0 Å². The predicted molar refractivity (Wildman–Crippen MR) is 75.2 cm³/mol. The Kier molecular flexibility index (Phi) is 3.45. The zero-order valence-corrected chi connectivity index (χ0v) is 11.5. The molecule has 0 aromatic heterocycles. The van der Waals surface area contributed by atoms with Crippen molar-refractivity contribution in [3.8, 4) is 0 Å². The normalized spacial score (nSPS) is 21.3. The number of carbonyl (C=O) groups is 2. The van der Waals surface area contributed by atoms with Crippen LogP contribution >= 0.6 is 0 Å². The predicted octanol–water partition coefficient (Wildman–Crippen LogP) is 2.41. The first-order valence-corrected chi connectivity index (χ1v) is 7.07. The monoisotopic (exact) mass is 289 g/mol. The van der Waals surface area contributed by atoms with Gasteiger partial charge in [0.2, 0.25) is 0 Å². The van der Waals surface area contributed by atoms with Crippen LogP contribution in [-0.2, 0) is 4.79 Å². The Morgan fingerprint density at radius 3 is 2.48 bits per heavy atom. The van der Waals surface area contributed by atoms with Gasteiger partial charge >= 0.3 is 6.03 Å². The molecule has 1 aliphatic heterocycles. The first-order chi connectivity index (χ1) is 10.1. The second kappa shape index (κ2) is 5.27. The summed E-state index contributed by atoms with van der Waals surface area (Å²) in [6.45, 7) is 0. The van der Waals surface area contributed by atoms with Gasteiger partial charge in [0.25, 0.3) is 5.91 Å². The summed E-state index contributed by atoms with van der Waals surface area (Å²) >= 11 is 0. The van der Waals surface area contributed by atoms with E-state index in [0.29, 0.717) is 18.4 Å². The van der Waals surface area contributed by atoms with E-state index in [1.165, 1.54) is 30.5 Å². The van der Waals surface area contributed by atoms with E-state index in [-0.39, 0.29) is 11.7 Å². The van der Waals surface area contributed by atoms with Crippen LogP contribution < -0.4 is 5.32 Å². The molecule has 1 aromatic rings. The largest absolute Gasteiger partial charge is 0.346 e. The van der Waals surface area contributed by atoms with E-state index in [9.17, 15) is 14.0 Å². The molecule has 0 radical (unpaired) electrons. The summed E-state index contributed by atoms with van der Waals surface area (Å²) in [6.07, 6.45) is 5.67. The van der Waals surface area contributed by atoms with Crippen LogP contribution in [0.2, 0.25) is 0 Å². The number of hydrogen-bond acceptors (Lipinski definition) is 3. The second-order valence-corrected chi connectivity index (χ2v) is 5.49. The zero-order valence-electron chi connectivity index (χ0n) is 11.5. The minimum absolute atomic E-state index is 0.287. The third-order valence-corrected chi connectivity index (χ3v) is 4.04. The second-order valence-electron chi connectivity index (χ2n) is 5.49. The molecule has 1 aliphatic carbocycles. The van der Waals surface area contributed by atoms with Crippen molar-refractivity contribution in [3.05, 3.63) is 35.6 Å². The average Bonchev–Trinajstić information content (AvgIpc) is 2.71. The first-order valence-electron chi connectivity index (χ1n) is 7.07. The van der Waals surface area contributed by atoms with E-state index in [1.54, 1.807) is 0 Å². The molecule has 3 rings (SSSR count). The fraction of sp³-hybridized carbons (Fsp3) is 0.400. The van der Waals surface area contributed by atoms with Crippen molar-refractivity contribution in [1.29, 1.82) is 0 Å². The maximum atomic E-state index is 12.8. The van der Waals surface area contributed by atoms with Crippen molar-refractivity contribution in [2.75, 3.05) is 0 Å². The van der Waals surface area contributed by atoms with Crippen LogP contribution in [0.25, 0.3) is 0 Å². The fourth-order valence-electron chi connectivity index (χ4n) is 2.88. The molecule has 5 nitrogen and oxygen atoms in total. The van der Waals surface area contributed by atoms with Crippen molar-refractivity contribution in [2.24, 2.45) is 5.10 Å². The van der Waals surface area contributed by atoms with Crippen LogP contribution in [-0.4, -0.2) is 28.7 Å². The summed E-state index contributed by atoms with van der Waals surface area (Å²) in [6, 6.07) is 5.19. The maximum absolute atomic E-state index is 12.8. The van der Waals surface area contributed by atoms with Crippen molar-refractivity contribution < 1.29 is 14.0 Å². The Morgan fingerprint density at radius 1 is 1.14 bits per heavy atom. The SMILES string of the molecule is O=C1NC2(CCCCC2)C(=O)N1/N=C/c1ccc(F)cc1. The zero-order chi connectivity index (χ0) is 14.9. The van der Waals surface area contributed by atoms with Gasteiger partial charge in [0, 0.05) is 0 Å². The van der Waals surface area contributed by atoms with Gasteiger partial charge in [-0.25, -0.2) is 9.18 Å². The smallest absolute Gasteiger partial charge is 0.321 e. The number of rotatable bonds is 2. The van der Waals surface area contributed by atoms with Crippen LogP contribution in [0.1, 0.15) is 37.7 Å². The molecule has 110 valence electrons. The Bertz CT molecular complexity index is 591. The van der Waals surface area contributed by atoms with Gasteiger partial charge < -0.3 is 5.32 Å². The summed E-state index contributed by atoms with van der Waals surface area (Å²) in [7, 11) is 0. The van der Waals surface area contributed by atoms with Crippen molar-refractivity contribution in [3.63, 3.8) is 0 Å². The molecular weight excluding hydrogens is 273 g/mol. The van der Waals surface area contributed by atoms with Gasteiger partial charge in [-0.05, 0) is 30.5 Å². The Morgan fingerprint density at radius 2 is 1.81 bits per heavy atom. The summed E-state index contributed by atoms with van der Waals surface area (Å²) in [5.74, 6) is -0.631. The molecule has 1 saturated heterocycles. The fourth-order valence-corrected chi connectivity index (χ4v) is 2.88. The highest BCUT2D eigenvalue weighted by atomic mass is 19.1. The minimum Gasteiger partial charge on any atom is -0.321 e. The van der Waals surface area contributed by atoms with Gasteiger partial charge in [-0.2, -0.15) is 5.10 Å². The summed E-state index contributed by atoms with van der Waals surface area (Å²) in [5, 5.41) is 7.62. The molecule has 0 unspecified atom stereocenters. The van der Waals surface area contributed by atoms with Crippen molar-refractivity contribution in [2.45, 2.75) is 37.6 Å². The first kappa shape index (κ1) is 13.7. The van der Waals surface area contributed by atoms with E-state index in [4.69, 9.17) is 0 Å². The molecule has 2 aliphatic rings. The molecule has 1 saturated carbocycles. The Hall–Kier alpha value is -2.24. The van der Waals surface area contributed by atoms with Gasteiger partial charge in [0.15, 0.2) is 0 Å². The van der Waals surface area contributed by atoms with Crippen LogP contribution in [0.15, 0.2) is 29.4 Å². The van der Waals surface area contributed by atoms with Crippen LogP contribution in [0.3, 0.4) is 0 Å². The number of hydrogen-bond donors (Lipinski definition) is 1. The van der Waals surface area contributed by atoms with E-state index in [2.05, 4.69) is 10.4 Å². The Balaban J connectivity index is 1.77. The standard InChI is InChI=1S/C15H16FN3O2/c16-12-6-4-11(5-7-12)10-17-19-13(20)15(18-14(19)21)8-2-1-3-9-15/h4-7,10H,1-3,8-9H2,(H,18,21)/b17-10+. The molecule has 1 N–H and O–H groups in total. The highest BCUT2D eigenvalue weighted by molar-refractivity contribution is 6.07. The highest BCUT2D eigenvalue weighted by Crippen LogP contribution is 2.33. The number of carbonyl (C=O) groups excluding carboxylic acids is 2. The number of nitrogens with one attached hydrogen (secondary N) is 1. The molecule has 0 atom stereocenters. The lowest BCUT2D eigenvalue weighted by Gasteiger charge is -2.29. The molecule has 2 fully saturated rings. The summed E-state index contributed by atoms with van der Waals surface area (Å²) in [4.78, 5) is 24.4. The molecule has 1 heterocycles. The number of nitrogens with zero attached hydrogens (tertiary/aromatic N) is 2. The van der Waals surface area contributed by atoms with Gasteiger partial charge in [0.05, 0.1) is 6.21 Å². The van der Waals surface area contributed by atoms with E-state index in [0.717, 1.165) is 24.3 Å². The van der Waals surface area contributed by atoms with Crippen LogP contribution in [0, 0.1) is 5.82 Å². The van der Waals surface area contributed by atoms with Crippen LogP contribution in [0.5, 0.6) is 0 Å². The molecular formula is C15H16FN3O2. The van der Waals surface area contributed by atoms with E-state index in [1.807, 2.05) is 0 Å². The molecule has 3 amide bonds.